The Balaban J connectivity index is 0.00000345. The molecule has 0 spiro atoms. The number of halogens is 2. The molecule has 3 aliphatic rings. The van der Waals surface area contributed by atoms with E-state index in [1.54, 1.807) is 26.6 Å². The van der Waals surface area contributed by atoms with Crippen molar-refractivity contribution in [1.29, 1.82) is 0 Å². The van der Waals surface area contributed by atoms with Crippen LogP contribution in [0.25, 0.3) is 44.4 Å². The van der Waals surface area contributed by atoms with Crippen LogP contribution in [0.1, 0.15) is 87.3 Å². The fraction of sp³-hybridized carbons (Fsp3) is 0.621. The number of nitrogens with zero attached hydrogens (tertiary/aromatic N) is 7. The van der Waals surface area contributed by atoms with E-state index >= 15 is 0 Å². The van der Waals surface area contributed by atoms with E-state index in [1.807, 2.05) is 12.1 Å². The Bertz CT molecular complexity index is 2560. The summed E-state index contributed by atoms with van der Waals surface area (Å²) in [5.74, 6) is 0.930. The van der Waals surface area contributed by atoms with E-state index in [4.69, 9.17) is 91.1 Å². The number of ether oxygens (including phenoxy) is 10. The van der Waals surface area contributed by atoms with E-state index in [1.165, 1.54) is 11.1 Å². The summed E-state index contributed by atoms with van der Waals surface area (Å²) in [6.45, 7) is 22.0. The Morgan fingerprint density at radius 3 is 1.21 bits per heavy atom. The fourth-order valence-electron chi connectivity index (χ4n) is 9.28. The first-order chi connectivity index (χ1) is 39.2. The maximum atomic E-state index is 9.93. The van der Waals surface area contributed by atoms with Crippen molar-refractivity contribution in [2.45, 2.75) is 66.2 Å². The number of aromatic nitrogens is 5. The van der Waals surface area contributed by atoms with Gasteiger partial charge in [-0.25, -0.2) is 9.97 Å². The minimum Gasteiger partial charge on any atom is 0 e. The van der Waals surface area contributed by atoms with Crippen molar-refractivity contribution < 1.29 is 114 Å². The Morgan fingerprint density at radius 2 is 0.864 bits per heavy atom. The Labute approximate surface area is 528 Å². The molecule has 1 saturated heterocycles. The van der Waals surface area contributed by atoms with Crippen molar-refractivity contribution in [3.63, 3.8) is 0 Å². The van der Waals surface area contributed by atoms with Crippen LogP contribution >= 0.6 is 18.8 Å². The van der Waals surface area contributed by atoms with Crippen molar-refractivity contribution in [2.75, 3.05) is 172 Å². The van der Waals surface area contributed by atoms with Gasteiger partial charge in [0.15, 0.2) is 11.5 Å². The molecule has 5 heterocycles. The van der Waals surface area contributed by atoms with Crippen LogP contribution < -0.4 is 14.5 Å². The summed E-state index contributed by atoms with van der Waals surface area (Å²) in [6, 6.07) is 7.83. The zero-order valence-electron chi connectivity index (χ0n) is 48.2. The minimum absolute atomic E-state index is 0. The van der Waals surface area contributed by atoms with Gasteiger partial charge in [0, 0.05) is 119 Å². The molecule has 19 nitrogen and oxygen atoms in total. The summed E-state index contributed by atoms with van der Waals surface area (Å²) < 4.78 is 57.4. The van der Waals surface area contributed by atoms with Crippen LogP contribution in [-0.2, 0) is 67.2 Å². The zero-order chi connectivity index (χ0) is 57.2. The van der Waals surface area contributed by atoms with Gasteiger partial charge in [0.2, 0.25) is 0 Å². The first kappa shape index (κ1) is 71.3. The summed E-state index contributed by atoms with van der Waals surface area (Å²) in [5, 5.41) is 19.9. The number of methoxy groups -OCH3 is 2. The normalized spacial score (nSPS) is 13.9. The van der Waals surface area contributed by atoms with Gasteiger partial charge < -0.3 is 62.6 Å². The van der Waals surface area contributed by atoms with E-state index in [0.29, 0.717) is 152 Å². The molecule has 0 aliphatic carbocycles. The van der Waals surface area contributed by atoms with Crippen molar-refractivity contribution in [2.24, 2.45) is 0 Å². The number of rotatable bonds is 37. The van der Waals surface area contributed by atoms with Crippen LogP contribution in [0.5, 0.6) is 11.5 Å². The molecular weight excluding hydrogens is 1410 g/mol. The molecular formula is C58H86Cl2GdN7O12Pt+. The maximum absolute atomic E-state index is 9.93. The number of fused-ring (bicyclic) bond motifs is 7. The Kier molecular flexibility index (Phi) is 37.5. The number of aliphatic hydroxyl groups is 2. The first-order valence-electron chi connectivity index (χ1n) is 27.9. The second kappa shape index (κ2) is 42.6. The second-order valence-corrected chi connectivity index (χ2v) is 22.1. The number of aliphatic hydroxyl groups excluding tert-OH is 2. The first-order valence-corrected chi connectivity index (χ1v) is 33.5. The molecule has 0 atom stereocenters. The smallest absolute Gasteiger partial charge is 0 e. The SMILES string of the molecule is CCc1c(CC)c2cc3nc(cnc4cc(OCCOCCOCCN5CCN(CCOCCOCCOC)CC5)c(OCCOCCOCCOC)cc4ncc4nc(cc1[n-]2)C(CCCO)=C4C)C(C)=C3CCCO.[Cl][Pt+2][Cl].[Gd]. The molecule has 3 aromatic rings. The van der Waals surface area contributed by atoms with E-state index in [-0.39, 0.29) is 66.4 Å². The molecule has 2 aromatic heterocycles. The van der Waals surface area contributed by atoms with Crippen LogP contribution in [-0.4, -0.2) is 212 Å². The van der Waals surface area contributed by atoms with E-state index in [2.05, 4.69) is 49.6 Å². The molecule has 1 fully saturated rings. The molecule has 0 radical (unpaired) electrons. The van der Waals surface area contributed by atoms with Gasteiger partial charge in [0.25, 0.3) is 0 Å². The predicted octanol–water partition coefficient (Wildman–Crippen LogP) is 7.64. The van der Waals surface area contributed by atoms with Crippen molar-refractivity contribution in [3.8, 4) is 11.5 Å². The van der Waals surface area contributed by atoms with Gasteiger partial charge in [-0.1, -0.05) is 37.1 Å². The van der Waals surface area contributed by atoms with E-state index in [0.717, 1.165) is 96.8 Å². The largest absolute Gasteiger partial charge is 0 e. The maximum Gasteiger partial charge on any atom is 0 e. The monoisotopic (exact) mass is 1500 g/mol. The summed E-state index contributed by atoms with van der Waals surface area (Å²) >= 11 is -0.472. The van der Waals surface area contributed by atoms with Crippen LogP contribution in [0.2, 0.25) is 0 Å². The molecule has 3 aliphatic heterocycles. The molecule has 81 heavy (non-hydrogen) atoms. The summed E-state index contributed by atoms with van der Waals surface area (Å²) in [6.07, 6.45) is 7.61. The van der Waals surface area contributed by atoms with Crippen LogP contribution in [0.15, 0.2) is 36.7 Å². The second-order valence-electron chi connectivity index (χ2n) is 18.9. The topological polar surface area (TPSA) is 205 Å². The average Bonchev–Trinajstić information content (AvgIpc) is 4.22. The molecule has 456 valence electrons. The Morgan fingerprint density at radius 1 is 0.519 bits per heavy atom. The number of benzene rings is 1. The summed E-state index contributed by atoms with van der Waals surface area (Å²) in [4.78, 5) is 30.5. The molecule has 6 rings (SSSR count). The number of piperazine rings is 1. The van der Waals surface area contributed by atoms with Gasteiger partial charge in [-0.3, -0.25) is 19.8 Å². The summed E-state index contributed by atoms with van der Waals surface area (Å²) in [7, 11) is 13.1. The van der Waals surface area contributed by atoms with Gasteiger partial charge in [-0.15, -0.1) is 11.0 Å². The number of allylic oxidation sites excluding steroid dienone is 4. The van der Waals surface area contributed by atoms with Crippen molar-refractivity contribution in [1.82, 2.24) is 34.7 Å². The third kappa shape index (κ3) is 24.6. The van der Waals surface area contributed by atoms with E-state index < -0.39 is 16.5 Å². The van der Waals surface area contributed by atoms with Crippen molar-refractivity contribution in [3.05, 3.63) is 70.6 Å². The minimum atomic E-state index is -0.472. The third-order valence-electron chi connectivity index (χ3n) is 13.6. The predicted molar refractivity (Wildman–Crippen MR) is 311 cm³/mol. The van der Waals surface area contributed by atoms with Gasteiger partial charge in [-0.2, -0.15) is 0 Å². The third-order valence-corrected chi connectivity index (χ3v) is 13.6. The molecule has 0 amide bonds. The number of hydrogen-bond donors (Lipinski definition) is 2. The number of hydrogen-bond acceptors (Lipinski definition) is 18. The Hall–Kier alpha value is -2.15. The molecule has 23 heteroatoms. The standard InChI is InChI=1S/C58H86N7O12.2ClH.Gd.Pt/c1-7-45-46(8-2)50-38-52-48(12-10-20-67)44(4)56(63-52)42-60-54-40-58(77-36-34-75-32-31-73-26-24-69-6)57(39-53(54)59-41-55-43(3)47(11-9-19-66)51(62-55)37-49(45)61-50)76-35-33-74-30-28-71-22-18-65-15-13-64(14-16-65)17-21-70-27-29-72-25-23-68-5;;;;/h37-42,66-67H,7-36H2,1-6H3;2*1H;;/q-1;;;;+4/p-2. The molecule has 0 saturated carbocycles. The van der Waals surface area contributed by atoms with E-state index in [9.17, 15) is 10.2 Å². The zero-order valence-corrected chi connectivity index (χ0v) is 54.3. The fourth-order valence-corrected chi connectivity index (χ4v) is 9.28. The molecule has 6 bridgehead atoms. The molecule has 0 unspecified atom stereocenters. The van der Waals surface area contributed by atoms with Gasteiger partial charge in [-0.05, 0) is 74.7 Å². The van der Waals surface area contributed by atoms with Crippen LogP contribution in [0.3, 0.4) is 0 Å². The van der Waals surface area contributed by atoms with Crippen LogP contribution in [0, 0.1) is 39.9 Å². The van der Waals surface area contributed by atoms with Crippen LogP contribution in [0.4, 0.5) is 0 Å². The quantitative estimate of drug-likeness (QED) is 0.0532. The number of aryl methyl sites for hydroxylation is 2. The average molecular weight is 1500 g/mol. The summed E-state index contributed by atoms with van der Waals surface area (Å²) in [5.41, 5.74) is 12.2. The van der Waals surface area contributed by atoms with Crippen molar-refractivity contribution >= 4 is 63.2 Å². The molecule has 1 aromatic carbocycles. The molecule has 2 N–H and O–H groups in total. The van der Waals surface area contributed by atoms with Gasteiger partial charge in [0.05, 0.1) is 139 Å². The van der Waals surface area contributed by atoms with Gasteiger partial charge >= 0.3 is 35.3 Å². The van der Waals surface area contributed by atoms with Gasteiger partial charge in [0.1, 0.15) is 13.2 Å².